The fourth-order valence-corrected chi connectivity index (χ4v) is 1.55. The van der Waals surface area contributed by atoms with Crippen molar-refractivity contribution in [3.63, 3.8) is 0 Å². The van der Waals surface area contributed by atoms with E-state index in [-0.39, 0.29) is 24.6 Å². The lowest BCUT2D eigenvalue weighted by Gasteiger charge is -2.19. The van der Waals surface area contributed by atoms with Gasteiger partial charge in [-0.15, -0.1) is 0 Å². The molecule has 0 aliphatic carbocycles. The maximum absolute atomic E-state index is 5.45. The summed E-state index contributed by atoms with van der Waals surface area (Å²) in [5.74, 6) is 0. The third-order valence-electron chi connectivity index (χ3n) is 2.18. The fourth-order valence-electron chi connectivity index (χ4n) is 1.55. The van der Waals surface area contributed by atoms with Crippen LogP contribution in [0, 0.1) is 0 Å². The summed E-state index contributed by atoms with van der Waals surface area (Å²) in [7, 11) is 4.88. The van der Waals surface area contributed by atoms with Gasteiger partial charge in [0, 0.05) is 21.3 Å². The van der Waals surface area contributed by atoms with E-state index in [1.54, 1.807) is 21.3 Å². The highest BCUT2D eigenvalue weighted by Gasteiger charge is 2.43. The maximum atomic E-state index is 5.45. The van der Waals surface area contributed by atoms with Crippen molar-refractivity contribution >= 4 is 0 Å². The minimum absolute atomic E-state index is 0.0184. The summed E-state index contributed by atoms with van der Waals surface area (Å²) in [6.45, 7) is 1.94. The molecule has 0 aromatic carbocycles. The van der Waals surface area contributed by atoms with Gasteiger partial charge in [0.2, 0.25) is 0 Å². The number of hydrogen-bond donors (Lipinski definition) is 0. The Morgan fingerprint density at radius 2 is 1.50 bits per heavy atom. The SMILES string of the molecule is CO[C@@H]1O[C@H](C)[C@@H](OC)[C@H]1OC. The topological polar surface area (TPSA) is 36.9 Å². The second-order valence-electron chi connectivity index (χ2n) is 2.85. The van der Waals surface area contributed by atoms with Crippen molar-refractivity contribution in [3.8, 4) is 0 Å². The van der Waals surface area contributed by atoms with E-state index in [0.717, 1.165) is 0 Å². The predicted molar refractivity (Wildman–Crippen MR) is 42.9 cm³/mol. The molecule has 0 saturated carbocycles. The van der Waals surface area contributed by atoms with Gasteiger partial charge < -0.3 is 18.9 Å². The molecule has 0 amide bonds. The van der Waals surface area contributed by atoms with Crippen LogP contribution in [0.25, 0.3) is 0 Å². The van der Waals surface area contributed by atoms with Gasteiger partial charge in [-0.2, -0.15) is 0 Å². The van der Waals surface area contributed by atoms with E-state index in [4.69, 9.17) is 18.9 Å². The zero-order chi connectivity index (χ0) is 9.14. The van der Waals surface area contributed by atoms with Crippen molar-refractivity contribution in [2.24, 2.45) is 0 Å². The third kappa shape index (κ3) is 1.61. The van der Waals surface area contributed by atoms with E-state index < -0.39 is 0 Å². The van der Waals surface area contributed by atoms with E-state index in [1.165, 1.54) is 0 Å². The molecule has 4 nitrogen and oxygen atoms in total. The lowest BCUT2D eigenvalue weighted by atomic mass is 10.1. The van der Waals surface area contributed by atoms with Gasteiger partial charge in [0.05, 0.1) is 6.10 Å². The average molecular weight is 176 g/mol. The van der Waals surface area contributed by atoms with E-state index in [9.17, 15) is 0 Å². The molecule has 4 heteroatoms. The Labute approximate surface area is 72.7 Å². The Bertz CT molecular complexity index is 139. The number of ether oxygens (including phenoxy) is 4. The predicted octanol–water partition coefficient (Wildman–Crippen LogP) is 0.408. The average Bonchev–Trinajstić information content (AvgIpc) is 2.40. The van der Waals surface area contributed by atoms with Crippen molar-refractivity contribution in [1.82, 2.24) is 0 Å². The molecule has 4 atom stereocenters. The Balaban J connectivity index is 2.61. The first-order valence-electron chi connectivity index (χ1n) is 3.98. The van der Waals surface area contributed by atoms with E-state index in [0.29, 0.717) is 0 Å². The Kier molecular flexibility index (Phi) is 3.46. The lowest BCUT2D eigenvalue weighted by Crippen LogP contribution is -2.35. The van der Waals surface area contributed by atoms with Crippen LogP contribution in [0.5, 0.6) is 0 Å². The lowest BCUT2D eigenvalue weighted by molar-refractivity contribution is -0.153. The van der Waals surface area contributed by atoms with Gasteiger partial charge in [-0.1, -0.05) is 0 Å². The normalized spacial score (nSPS) is 42.0. The van der Waals surface area contributed by atoms with Crippen molar-refractivity contribution in [3.05, 3.63) is 0 Å². The van der Waals surface area contributed by atoms with Gasteiger partial charge >= 0.3 is 0 Å². The van der Waals surface area contributed by atoms with Gasteiger partial charge in [-0.25, -0.2) is 0 Å². The molecule has 0 N–H and O–H groups in total. The second kappa shape index (κ2) is 4.18. The molecule has 0 aromatic rings. The summed E-state index contributed by atoms with van der Waals surface area (Å²) in [4.78, 5) is 0. The highest BCUT2D eigenvalue weighted by Crippen LogP contribution is 2.25. The largest absolute Gasteiger partial charge is 0.376 e. The van der Waals surface area contributed by atoms with Gasteiger partial charge in [0.1, 0.15) is 12.2 Å². The number of hydrogen-bond acceptors (Lipinski definition) is 4. The van der Waals surface area contributed by atoms with Gasteiger partial charge in [0.15, 0.2) is 6.29 Å². The van der Waals surface area contributed by atoms with Crippen LogP contribution in [0.15, 0.2) is 0 Å². The van der Waals surface area contributed by atoms with Crippen LogP contribution >= 0.6 is 0 Å². The molecule has 12 heavy (non-hydrogen) atoms. The van der Waals surface area contributed by atoms with Gasteiger partial charge in [0.25, 0.3) is 0 Å². The van der Waals surface area contributed by atoms with Crippen molar-refractivity contribution in [1.29, 1.82) is 0 Å². The molecule has 1 heterocycles. The molecule has 1 fully saturated rings. The zero-order valence-corrected chi connectivity index (χ0v) is 7.94. The van der Waals surface area contributed by atoms with Crippen LogP contribution in [0.3, 0.4) is 0 Å². The first kappa shape index (κ1) is 9.92. The fraction of sp³-hybridized carbons (Fsp3) is 1.00. The van der Waals surface area contributed by atoms with Crippen LogP contribution < -0.4 is 0 Å². The quantitative estimate of drug-likeness (QED) is 0.624. The minimum atomic E-state index is -0.310. The Morgan fingerprint density at radius 1 is 0.917 bits per heavy atom. The molecule has 0 unspecified atom stereocenters. The van der Waals surface area contributed by atoms with Gasteiger partial charge in [-0.3, -0.25) is 0 Å². The van der Waals surface area contributed by atoms with Crippen LogP contribution in [0.4, 0.5) is 0 Å². The molecule has 0 spiro atoms. The molecular weight excluding hydrogens is 160 g/mol. The summed E-state index contributed by atoms with van der Waals surface area (Å²) in [6, 6.07) is 0. The molecular formula is C8H16O4. The number of rotatable bonds is 3. The van der Waals surface area contributed by atoms with Crippen molar-refractivity contribution in [2.45, 2.75) is 31.5 Å². The van der Waals surface area contributed by atoms with E-state index in [2.05, 4.69) is 0 Å². The summed E-state index contributed by atoms with van der Waals surface area (Å²) in [5.41, 5.74) is 0. The van der Waals surface area contributed by atoms with Gasteiger partial charge in [-0.05, 0) is 6.92 Å². The molecule has 1 aliphatic rings. The Hall–Kier alpha value is -0.160. The summed E-state index contributed by atoms with van der Waals surface area (Å²) < 4.78 is 21.0. The molecule has 1 aliphatic heterocycles. The van der Waals surface area contributed by atoms with Crippen LogP contribution in [0.1, 0.15) is 6.92 Å². The highest BCUT2D eigenvalue weighted by atomic mass is 16.7. The highest BCUT2D eigenvalue weighted by molar-refractivity contribution is 4.86. The van der Waals surface area contributed by atoms with E-state index in [1.807, 2.05) is 6.92 Å². The molecule has 72 valence electrons. The van der Waals surface area contributed by atoms with Crippen LogP contribution in [-0.2, 0) is 18.9 Å². The molecule has 0 radical (unpaired) electrons. The molecule has 1 rings (SSSR count). The summed E-state index contributed by atoms with van der Waals surface area (Å²) in [6.07, 6.45) is -0.463. The molecule has 0 aromatic heterocycles. The zero-order valence-electron chi connectivity index (χ0n) is 7.94. The van der Waals surface area contributed by atoms with Crippen LogP contribution in [-0.4, -0.2) is 45.9 Å². The second-order valence-corrected chi connectivity index (χ2v) is 2.85. The van der Waals surface area contributed by atoms with Crippen molar-refractivity contribution < 1.29 is 18.9 Å². The number of methoxy groups -OCH3 is 3. The monoisotopic (exact) mass is 176 g/mol. The first-order chi connectivity index (χ1) is 5.74. The van der Waals surface area contributed by atoms with Crippen LogP contribution in [0.2, 0.25) is 0 Å². The first-order valence-corrected chi connectivity index (χ1v) is 3.98. The Morgan fingerprint density at radius 3 is 1.92 bits per heavy atom. The minimum Gasteiger partial charge on any atom is -0.376 e. The smallest absolute Gasteiger partial charge is 0.186 e. The maximum Gasteiger partial charge on any atom is 0.186 e. The molecule has 0 bridgehead atoms. The van der Waals surface area contributed by atoms with Crippen molar-refractivity contribution in [2.75, 3.05) is 21.3 Å². The third-order valence-corrected chi connectivity index (χ3v) is 2.18. The molecule has 1 saturated heterocycles. The van der Waals surface area contributed by atoms with E-state index >= 15 is 0 Å². The summed E-state index contributed by atoms with van der Waals surface area (Å²) in [5, 5.41) is 0. The summed E-state index contributed by atoms with van der Waals surface area (Å²) >= 11 is 0. The standard InChI is InChI=1S/C8H16O4/c1-5-6(9-2)7(10-3)8(11-4)12-5/h5-8H,1-4H3/t5-,6-,7-,8-/m1/s1.